The third-order valence-corrected chi connectivity index (χ3v) is 3.59. The topological polar surface area (TPSA) is 141 Å². The van der Waals surface area contributed by atoms with Gasteiger partial charge in [-0.15, -0.1) is 0 Å². The molecule has 118 valence electrons. The Morgan fingerprint density at radius 1 is 1.48 bits per heavy atom. The lowest BCUT2D eigenvalue weighted by Gasteiger charge is -2.14. The molecule has 4 N–H and O–H groups in total. The van der Waals surface area contributed by atoms with Crippen LogP contribution >= 0.6 is 0 Å². The molecule has 0 saturated heterocycles. The quantitative estimate of drug-likeness (QED) is 0.460. The van der Waals surface area contributed by atoms with Gasteiger partial charge in [0.15, 0.2) is 0 Å². The van der Waals surface area contributed by atoms with Crippen LogP contribution in [0.2, 0.25) is 0 Å². The zero-order chi connectivity index (χ0) is 15.9. The second kappa shape index (κ2) is 7.62. The van der Waals surface area contributed by atoms with Crippen molar-refractivity contribution >= 4 is 21.8 Å². The number of carbonyl (C=O) groups is 2. The third kappa shape index (κ3) is 7.30. The number of rotatable bonds is 8. The number of urea groups is 1. The number of sulfone groups is 1. The predicted octanol–water partition coefficient (Wildman–Crippen LogP) is -0.861. The molecule has 1 atom stereocenters. The van der Waals surface area contributed by atoms with Gasteiger partial charge in [-0.3, -0.25) is 0 Å². The van der Waals surface area contributed by atoms with Crippen molar-refractivity contribution in [2.24, 2.45) is 0 Å². The first kappa shape index (κ1) is 17.0. The highest BCUT2D eigenvalue weighted by Gasteiger charge is 2.20. The first-order valence-corrected chi connectivity index (χ1v) is 8.26. The Kier molecular flexibility index (Phi) is 6.15. The molecule has 9 nitrogen and oxygen atoms in total. The van der Waals surface area contributed by atoms with Crippen molar-refractivity contribution < 1.29 is 23.1 Å². The molecule has 0 aliphatic carbocycles. The van der Waals surface area contributed by atoms with Crippen LogP contribution in [0, 0.1) is 0 Å². The number of carbonyl (C=O) groups excluding carboxylic acids is 1. The van der Waals surface area contributed by atoms with Gasteiger partial charge in [-0.2, -0.15) is 0 Å². The molecular weight excluding hydrogens is 300 g/mol. The zero-order valence-corrected chi connectivity index (χ0v) is 12.3. The van der Waals surface area contributed by atoms with Gasteiger partial charge in [0.1, 0.15) is 15.9 Å². The lowest BCUT2D eigenvalue weighted by Crippen LogP contribution is -2.47. The Morgan fingerprint density at radius 2 is 2.19 bits per heavy atom. The molecule has 2 amide bonds. The molecule has 0 aliphatic heterocycles. The van der Waals surface area contributed by atoms with Crippen LogP contribution in [0.25, 0.3) is 0 Å². The van der Waals surface area contributed by atoms with Crippen LogP contribution in [0.3, 0.4) is 0 Å². The SMILES string of the molecule is CS(=O)(=O)CCCNC(=O)N[C@H](Cc1cnc[nH]1)C(=O)O. The summed E-state index contributed by atoms with van der Waals surface area (Å²) in [7, 11) is -3.07. The Labute approximate surface area is 122 Å². The minimum Gasteiger partial charge on any atom is -0.480 e. The van der Waals surface area contributed by atoms with Crippen LogP contribution in [0.15, 0.2) is 12.5 Å². The van der Waals surface area contributed by atoms with E-state index in [1.54, 1.807) is 0 Å². The molecular formula is C11H18N4O5S. The summed E-state index contributed by atoms with van der Waals surface area (Å²) in [5.74, 6) is -1.21. The fourth-order valence-electron chi connectivity index (χ4n) is 1.56. The Hall–Kier alpha value is -2.10. The van der Waals surface area contributed by atoms with Gasteiger partial charge >= 0.3 is 12.0 Å². The maximum Gasteiger partial charge on any atom is 0.326 e. The van der Waals surface area contributed by atoms with Crippen molar-refractivity contribution in [2.75, 3.05) is 18.6 Å². The lowest BCUT2D eigenvalue weighted by molar-refractivity contribution is -0.139. The highest BCUT2D eigenvalue weighted by molar-refractivity contribution is 7.90. The van der Waals surface area contributed by atoms with E-state index < -0.39 is 27.9 Å². The summed E-state index contributed by atoms with van der Waals surface area (Å²) in [6.07, 6.45) is 4.34. The number of amides is 2. The van der Waals surface area contributed by atoms with E-state index in [1.165, 1.54) is 12.5 Å². The summed E-state index contributed by atoms with van der Waals surface area (Å²) in [5.41, 5.74) is 0.583. The molecule has 0 bridgehead atoms. The number of carboxylic acids is 1. The van der Waals surface area contributed by atoms with E-state index in [-0.39, 0.29) is 25.1 Å². The van der Waals surface area contributed by atoms with Crippen LogP contribution < -0.4 is 10.6 Å². The largest absolute Gasteiger partial charge is 0.480 e. The number of hydrogen-bond donors (Lipinski definition) is 4. The van der Waals surface area contributed by atoms with E-state index in [2.05, 4.69) is 20.6 Å². The summed E-state index contributed by atoms with van der Waals surface area (Å²) in [6, 6.07) is -1.75. The standard InChI is InChI=1S/C11H18N4O5S/c1-21(19,20)4-2-3-13-11(18)15-9(10(16)17)5-8-6-12-7-14-8/h6-7,9H,2-5H2,1H3,(H,12,14)(H,16,17)(H2,13,15,18)/t9-/m1/s1. The molecule has 1 rings (SSSR count). The van der Waals surface area contributed by atoms with E-state index in [0.29, 0.717) is 5.69 Å². The van der Waals surface area contributed by atoms with E-state index in [4.69, 9.17) is 5.11 Å². The third-order valence-electron chi connectivity index (χ3n) is 2.56. The van der Waals surface area contributed by atoms with Gasteiger partial charge < -0.3 is 20.7 Å². The van der Waals surface area contributed by atoms with E-state index in [9.17, 15) is 18.0 Å². The number of aromatic amines is 1. The number of H-pyrrole nitrogens is 1. The van der Waals surface area contributed by atoms with Crippen LogP contribution in [-0.4, -0.2) is 60.1 Å². The zero-order valence-electron chi connectivity index (χ0n) is 11.5. The van der Waals surface area contributed by atoms with Crippen LogP contribution in [-0.2, 0) is 21.1 Å². The first-order valence-electron chi connectivity index (χ1n) is 6.20. The van der Waals surface area contributed by atoms with Crippen molar-refractivity contribution in [2.45, 2.75) is 18.9 Å². The van der Waals surface area contributed by atoms with Gasteiger partial charge in [0, 0.05) is 31.1 Å². The predicted molar refractivity (Wildman–Crippen MR) is 74.6 cm³/mol. The normalized spacial score (nSPS) is 12.6. The number of nitrogens with zero attached hydrogens (tertiary/aromatic N) is 1. The second-order valence-electron chi connectivity index (χ2n) is 4.56. The number of aliphatic carboxylic acids is 1. The van der Waals surface area contributed by atoms with Gasteiger partial charge in [-0.05, 0) is 6.42 Å². The summed E-state index contributed by atoms with van der Waals surface area (Å²) in [5, 5.41) is 13.8. The highest BCUT2D eigenvalue weighted by Crippen LogP contribution is 1.98. The van der Waals surface area contributed by atoms with Gasteiger partial charge in [0.25, 0.3) is 0 Å². The maximum absolute atomic E-state index is 11.6. The maximum atomic E-state index is 11.6. The molecule has 0 fully saturated rings. The number of imidazole rings is 1. The molecule has 1 aromatic heterocycles. The molecule has 0 aromatic carbocycles. The van der Waals surface area contributed by atoms with Crippen molar-refractivity contribution in [3.8, 4) is 0 Å². The molecule has 0 unspecified atom stereocenters. The summed E-state index contributed by atoms with van der Waals surface area (Å²) in [4.78, 5) is 29.1. The molecule has 1 aromatic rings. The molecule has 1 heterocycles. The smallest absolute Gasteiger partial charge is 0.326 e. The van der Waals surface area contributed by atoms with Crippen LogP contribution in [0.5, 0.6) is 0 Å². The molecule has 21 heavy (non-hydrogen) atoms. The van der Waals surface area contributed by atoms with E-state index in [0.717, 1.165) is 6.26 Å². The summed E-state index contributed by atoms with van der Waals surface area (Å²) < 4.78 is 21.8. The average Bonchev–Trinajstić information content (AvgIpc) is 2.85. The van der Waals surface area contributed by atoms with E-state index >= 15 is 0 Å². The number of carboxylic acid groups (broad SMARTS) is 1. The van der Waals surface area contributed by atoms with Crippen molar-refractivity contribution in [3.05, 3.63) is 18.2 Å². The minimum atomic E-state index is -3.07. The molecule has 0 saturated carbocycles. The van der Waals surface area contributed by atoms with Gasteiger partial charge in [0.2, 0.25) is 0 Å². The number of aromatic nitrogens is 2. The number of hydrogen-bond acceptors (Lipinski definition) is 5. The van der Waals surface area contributed by atoms with Crippen molar-refractivity contribution in [3.63, 3.8) is 0 Å². The minimum absolute atomic E-state index is 0.0379. The number of nitrogens with one attached hydrogen (secondary N) is 3. The van der Waals surface area contributed by atoms with Crippen molar-refractivity contribution in [1.82, 2.24) is 20.6 Å². The van der Waals surface area contributed by atoms with Gasteiger partial charge in [0.05, 0.1) is 12.1 Å². The second-order valence-corrected chi connectivity index (χ2v) is 6.82. The molecule has 10 heteroatoms. The fraction of sp³-hybridized carbons (Fsp3) is 0.545. The Balaban J connectivity index is 2.37. The van der Waals surface area contributed by atoms with Crippen molar-refractivity contribution in [1.29, 1.82) is 0 Å². The summed E-state index contributed by atoms with van der Waals surface area (Å²) >= 11 is 0. The monoisotopic (exact) mass is 318 g/mol. The lowest BCUT2D eigenvalue weighted by atomic mass is 10.2. The highest BCUT2D eigenvalue weighted by atomic mass is 32.2. The Bertz CT molecular complexity index is 569. The van der Waals surface area contributed by atoms with Crippen LogP contribution in [0.4, 0.5) is 4.79 Å². The fourth-order valence-corrected chi connectivity index (χ4v) is 2.23. The first-order chi connectivity index (χ1) is 9.78. The molecule has 0 aliphatic rings. The molecule has 0 spiro atoms. The average molecular weight is 318 g/mol. The summed E-state index contributed by atoms with van der Waals surface area (Å²) in [6.45, 7) is 0.148. The Morgan fingerprint density at radius 3 is 2.71 bits per heavy atom. The van der Waals surface area contributed by atoms with Gasteiger partial charge in [-0.1, -0.05) is 0 Å². The molecule has 0 radical (unpaired) electrons. The van der Waals surface area contributed by atoms with Crippen LogP contribution in [0.1, 0.15) is 12.1 Å². The van der Waals surface area contributed by atoms with Gasteiger partial charge in [-0.25, -0.2) is 23.0 Å². The van der Waals surface area contributed by atoms with E-state index in [1.807, 2.05) is 0 Å².